The smallest absolute Gasteiger partial charge is 0.278 e. The molecule has 0 aliphatic rings. The van der Waals surface area contributed by atoms with Gasteiger partial charge in [-0.1, -0.05) is 29.2 Å². The van der Waals surface area contributed by atoms with E-state index >= 15 is 0 Å². The summed E-state index contributed by atoms with van der Waals surface area (Å²) in [7, 11) is -3.95. The third-order valence-electron chi connectivity index (χ3n) is 5.28. The molecular formula is C23H25N4O4S+. The second-order valence-corrected chi connectivity index (χ2v) is 9.42. The Hall–Kier alpha value is -3.30. The predicted octanol–water partition coefficient (Wildman–Crippen LogP) is 2.29. The van der Waals surface area contributed by atoms with Crippen LogP contribution in [-0.4, -0.2) is 31.0 Å². The molecule has 0 radical (unpaired) electrons. The summed E-state index contributed by atoms with van der Waals surface area (Å²) in [5.41, 5.74) is 7.75. The zero-order valence-corrected chi connectivity index (χ0v) is 18.8. The highest BCUT2D eigenvalue weighted by atomic mass is 32.2. The molecule has 0 aliphatic carbocycles. The first kappa shape index (κ1) is 21.9. The molecule has 166 valence electrons. The highest BCUT2D eigenvalue weighted by molar-refractivity contribution is 7.91. The lowest BCUT2D eigenvalue weighted by Crippen LogP contribution is -2.42. The molecule has 0 saturated carbocycles. The van der Waals surface area contributed by atoms with Gasteiger partial charge in [0, 0.05) is 25.8 Å². The SMILES string of the molecule is CCOCCC[n+]1c(N)c(S(=O)(=O)c2ccccc2)cc2c(=O)n3cc(C)ccc3nc21. The van der Waals surface area contributed by atoms with Crippen LogP contribution in [0.4, 0.5) is 5.82 Å². The van der Waals surface area contributed by atoms with Crippen LogP contribution in [0.2, 0.25) is 0 Å². The van der Waals surface area contributed by atoms with E-state index in [4.69, 9.17) is 10.5 Å². The van der Waals surface area contributed by atoms with Crippen molar-refractivity contribution in [2.75, 3.05) is 18.9 Å². The van der Waals surface area contributed by atoms with Gasteiger partial charge in [0.2, 0.25) is 21.3 Å². The summed E-state index contributed by atoms with van der Waals surface area (Å²) in [5, 5.41) is 0.188. The van der Waals surface area contributed by atoms with Crippen molar-refractivity contribution in [2.24, 2.45) is 0 Å². The van der Waals surface area contributed by atoms with E-state index in [2.05, 4.69) is 4.98 Å². The van der Waals surface area contributed by atoms with Crippen molar-refractivity contribution in [1.29, 1.82) is 0 Å². The van der Waals surface area contributed by atoms with Crippen LogP contribution in [-0.2, 0) is 21.1 Å². The van der Waals surface area contributed by atoms with Gasteiger partial charge in [-0.15, -0.1) is 0 Å². The lowest BCUT2D eigenvalue weighted by molar-refractivity contribution is -0.661. The molecule has 2 N–H and O–H groups in total. The number of hydrogen-bond acceptors (Lipinski definition) is 6. The fourth-order valence-corrected chi connectivity index (χ4v) is 5.10. The number of nitrogen functional groups attached to an aromatic ring is 1. The van der Waals surface area contributed by atoms with Crippen LogP contribution in [0.1, 0.15) is 18.9 Å². The van der Waals surface area contributed by atoms with Crippen LogP contribution in [0.25, 0.3) is 16.7 Å². The molecule has 0 atom stereocenters. The second kappa shape index (κ2) is 8.68. The van der Waals surface area contributed by atoms with Crippen LogP contribution in [0.3, 0.4) is 0 Å². The Bertz CT molecular complexity index is 1460. The van der Waals surface area contributed by atoms with Gasteiger partial charge in [0.05, 0.1) is 11.4 Å². The third kappa shape index (κ3) is 3.85. The Labute approximate surface area is 185 Å². The highest BCUT2D eigenvalue weighted by Crippen LogP contribution is 2.26. The average Bonchev–Trinajstić information content (AvgIpc) is 2.79. The van der Waals surface area contributed by atoms with Gasteiger partial charge < -0.3 is 10.5 Å². The number of nitrogens with two attached hydrogens (primary N) is 1. The van der Waals surface area contributed by atoms with Crippen LogP contribution in [0.15, 0.2) is 69.3 Å². The molecule has 0 saturated heterocycles. The molecule has 8 nitrogen and oxygen atoms in total. The van der Waals surface area contributed by atoms with Crippen molar-refractivity contribution < 1.29 is 17.7 Å². The monoisotopic (exact) mass is 453 g/mol. The van der Waals surface area contributed by atoms with Gasteiger partial charge in [-0.3, -0.25) is 9.20 Å². The second-order valence-electron chi connectivity index (χ2n) is 7.50. The van der Waals surface area contributed by atoms with Crippen LogP contribution >= 0.6 is 0 Å². The Morgan fingerprint density at radius 3 is 2.62 bits per heavy atom. The van der Waals surface area contributed by atoms with Crippen molar-refractivity contribution in [3.63, 3.8) is 0 Å². The minimum Gasteiger partial charge on any atom is -0.382 e. The molecule has 1 aromatic carbocycles. The maximum absolute atomic E-state index is 13.4. The van der Waals surface area contributed by atoms with Crippen molar-refractivity contribution in [2.45, 2.75) is 36.6 Å². The minimum absolute atomic E-state index is 0.0428. The number of benzene rings is 1. The molecule has 0 bridgehead atoms. The molecule has 0 aliphatic heterocycles. The average molecular weight is 454 g/mol. The fourth-order valence-electron chi connectivity index (χ4n) is 3.67. The Balaban J connectivity index is 2.03. The zero-order valence-electron chi connectivity index (χ0n) is 18.0. The largest absolute Gasteiger partial charge is 0.382 e. The topological polar surface area (TPSA) is 108 Å². The number of rotatable bonds is 7. The number of pyridine rings is 2. The number of aryl methyl sites for hydroxylation is 2. The number of hydrogen-bond donors (Lipinski definition) is 1. The summed E-state index contributed by atoms with van der Waals surface area (Å²) in [4.78, 5) is 18.0. The Kier molecular flexibility index (Phi) is 5.94. The summed E-state index contributed by atoms with van der Waals surface area (Å²) in [6.07, 6.45) is 2.27. The van der Waals surface area contributed by atoms with Gasteiger partial charge in [0.1, 0.15) is 10.3 Å². The molecule has 9 heteroatoms. The van der Waals surface area contributed by atoms with Gasteiger partial charge in [0.15, 0.2) is 0 Å². The first-order valence-electron chi connectivity index (χ1n) is 10.4. The van der Waals surface area contributed by atoms with Crippen LogP contribution in [0, 0.1) is 6.92 Å². The van der Waals surface area contributed by atoms with Gasteiger partial charge in [-0.05, 0) is 43.7 Å². The van der Waals surface area contributed by atoms with E-state index in [0.717, 1.165) is 5.56 Å². The summed E-state index contributed by atoms with van der Waals surface area (Å²) >= 11 is 0. The maximum Gasteiger partial charge on any atom is 0.278 e. The first-order chi connectivity index (χ1) is 15.3. The Morgan fingerprint density at radius 1 is 1.16 bits per heavy atom. The van der Waals surface area contributed by atoms with Gasteiger partial charge in [-0.2, -0.15) is 0 Å². The quantitative estimate of drug-likeness (QED) is 0.261. The van der Waals surface area contributed by atoms with Gasteiger partial charge in [0.25, 0.3) is 11.2 Å². The molecule has 3 heterocycles. The van der Waals surface area contributed by atoms with Crippen LogP contribution in [0.5, 0.6) is 0 Å². The Morgan fingerprint density at radius 2 is 1.91 bits per heavy atom. The number of nitrogens with zero attached hydrogens (tertiary/aromatic N) is 3. The molecule has 4 rings (SSSR count). The number of aromatic nitrogens is 3. The molecule has 0 fully saturated rings. The molecule has 0 amide bonds. The van der Waals surface area contributed by atoms with Crippen LogP contribution < -0.4 is 15.9 Å². The number of ether oxygens (including phenoxy) is 1. The number of fused-ring (bicyclic) bond motifs is 2. The van der Waals surface area contributed by atoms with E-state index in [1.54, 1.807) is 35.0 Å². The molecule has 0 spiro atoms. The van der Waals surface area contributed by atoms with E-state index in [-0.39, 0.29) is 26.6 Å². The van der Waals surface area contributed by atoms with E-state index in [1.165, 1.54) is 22.6 Å². The lowest BCUT2D eigenvalue weighted by atomic mass is 10.2. The maximum atomic E-state index is 13.4. The van der Waals surface area contributed by atoms with Crippen molar-refractivity contribution in [3.05, 3.63) is 70.6 Å². The summed E-state index contributed by atoms with van der Waals surface area (Å²) in [5.74, 6) is 0.0428. The normalized spacial score (nSPS) is 11.9. The van der Waals surface area contributed by atoms with E-state index in [0.29, 0.717) is 37.5 Å². The summed E-state index contributed by atoms with van der Waals surface area (Å²) in [6.45, 7) is 5.19. The third-order valence-corrected chi connectivity index (χ3v) is 7.08. The zero-order chi connectivity index (χ0) is 22.9. The van der Waals surface area contributed by atoms with Crippen molar-refractivity contribution >= 4 is 32.3 Å². The van der Waals surface area contributed by atoms with Crippen molar-refractivity contribution in [3.8, 4) is 0 Å². The van der Waals surface area contributed by atoms with E-state index < -0.39 is 9.84 Å². The minimum atomic E-state index is -3.95. The van der Waals surface area contributed by atoms with Gasteiger partial charge in [-0.25, -0.2) is 13.0 Å². The van der Waals surface area contributed by atoms with E-state index in [1.807, 2.05) is 19.9 Å². The molecule has 4 aromatic rings. The first-order valence-corrected chi connectivity index (χ1v) is 11.9. The lowest BCUT2D eigenvalue weighted by Gasteiger charge is -2.13. The standard InChI is InChI=1S/C23H24N4O4S/c1-3-31-13-7-12-26-21(24)19(32(29,30)17-8-5-4-6-9-17)14-18-22(26)25-20-11-10-16(2)15-27(20)23(18)28/h4-6,8-11,14-15,24H,3,7,12-13H2,1-2H3/p+1. The molecule has 3 aromatic heterocycles. The molecule has 32 heavy (non-hydrogen) atoms. The summed E-state index contributed by atoms with van der Waals surface area (Å²) in [6, 6.07) is 13.0. The fraction of sp³-hybridized carbons (Fsp3) is 0.261. The summed E-state index contributed by atoms with van der Waals surface area (Å²) < 4.78 is 35.3. The predicted molar refractivity (Wildman–Crippen MR) is 121 cm³/mol. The van der Waals surface area contributed by atoms with Crippen molar-refractivity contribution in [1.82, 2.24) is 9.38 Å². The molecular weight excluding hydrogens is 428 g/mol. The number of sulfone groups is 1. The van der Waals surface area contributed by atoms with E-state index in [9.17, 15) is 13.2 Å². The molecule has 0 unspecified atom stereocenters. The number of anilines is 1. The highest BCUT2D eigenvalue weighted by Gasteiger charge is 2.29. The van der Waals surface area contributed by atoms with Gasteiger partial charge >= 0.3 is 0 Å².